The maximum atomic E-state index is 8.71. The lowest BCUT2D eigenvalue weighted by atomic mass is 9.86. The molecule has 0 aromatic heterocycles. The van der Waals surface area contributed by atoms with Gasteiger partial charge in [-0.25, -0.2) is 0 Å². The van der Waals surface area contributed by atoms with E-state index >= 15 is 0 Å². The topological polar surface area (TPSA) is 67.8 Å². The molecule has 0 radical (unpaired) electrons. The van der Waals surface area contributed by atoms with Gasteiger partial charge >= 0.3 is 0 Å². The molecule has 0 saturated heterocycles. The van der Waals surface area contributed by atoms with E-state index in [-0.39, 0.29) is 17.4 Å². The summed E-state index contributed by atoms with van der Waals surface area (Å²) in [4.78, 5) is 0. The lowest BCUT2D eigenvalue weighted by molar-refractivity contribution is 0.0620. The number of hydrogen-bond donors (Lipinski definition) is 2. The largest absolute Gasteiger partial charge is 0.409 e. The van der Waals surface area contributed by atoms with E-state index in [9.17, 15) is 0 Å². The second kappa shape index (κ2) is 7.90. The minimum atomic E-state index is -0.264. The highest BCUT2D eigenvalue weighted by Gasteiger charge is 2.22. The van der Waals surface area contributed by atoms with Gasteiger partial charge in [0.15, 0.2) is 0 Å². The van der Waals surface area contributed by atoms with Crippen molar-refractivity contribution in [2.45, 2.75) is 46.1 Å². The summed E-state index contributed by atoms with van der Waals surface area (Å²) in [5.74, 6) is 0.288. The first kappa shape index (κ1) is 16.5. The van der Waals surface area contributed by atoms with Gasteiger partial charge < -0.3 is 15.7 Å². The summed E-state index contributed by atoms with van der Waals surface area (Å²) in [6, 6.07) is 10.2. The Hall–Kier alpha value is -1.55. The number of benzene rings is 1. The number of hydrogen-bond acceptors (Lipinski definition) is 3. The minimum Gasteiger partial charge on any atom is -0.409 e. The Bertz CT molecular complexity index is 416. The predicted molar refractivity (Wildman–Crippen MR) is 81.8 cm³/mol. The first-order valence-corrected chi connectivity index (χ1v) is 7.12. The van der Waals surface area contributed by atoms with Crippen molar-refractivity contribution < 1.29 is 9.94 Å². The molecule has 1 aromatic rings. The lowest BCUT2D eigenvalue weighted by Gasteiger charge is -2.22. The monoisotopic (exact) mass is 278 g/mol. The van der Waals surface area contributed by atoms with Gasteiger partial charge in [-0.1, -0.05) is 55.8 Å². The zero-order valence-electron chi connectivity index (χ0n) is 12.7. The number of ether oxygens (including phenoxy) is 1. The van der Waals surface area contributed by atoms with E-state index in [1.54, 1.807) is 0 Å². The van der Waals surface area contributed by atoms with Gasteiger partial charge in [-0.3, -0.25) is 0 Å². The Morgan fingerprint density at radius 2 is 1.95 bits per heavy atom. The molecule has 1 rings (SSSR count). The lowest BCUT2D eigenvalue weighted by Crippen LogP contribution is -2.31. The molecule has 0 saturated carbocycles. The maximum Gasteiger partial charge on any atom is 0.144 e. The summed E-state index contributed by atoms with van der Waals surface area (Å²) < 4.78 is 5.82. The molecule has 112 valence electrons. The first-order chi connectivity index (χ1) is 9.47. The van der Waals surface area contributed by atoms with Crippen LogP contribution in [0.4, 0.5) is 0 Å². The third-order valence-electron chi connectivity index (χ3n) is 3.63. The van der Waals surface area contributed by atoms with Crippen molar-refractivity contribution in [2.75, 3.05) is 6.61 Å². The van der Waals surface area contributed by atoms with E-state index in [1.165, 1.54) is 5.56 Å². The fourth-order valence-corrected chi connectivity index (χ4v) is 2.01. The van der Waals surface area contributed by atoms with Crippen LogP contribution in [0.2, 0.25) is 0 Å². The van der Waals surface area contributed by atoms with Crippen LogP contribution in [-0.2, 0) is 4.74 Å². The fourth-order valence-electron chi connectivity index (χ4n) is 2.01. The van der Waals surface area contributed by atoms with Crippen LogP contribution in [0.15, 0.2) is 35.5 Å². The average molecular weight is 278 g/mol. The Balaban J connectivity index is 2.23. The van der Waals surface area contributed by atoms with Crippen molar-refractivity contribution in [3.63, 3.8) is 0 Å². The molecule has 3 N–H and O–H groups in total. The van der Waals surface area contributed by atoms with Gasteiger partial charge in [-0.2, -0.15) is 0 Å². The summed E-state index contributed by atoms with van der Waals surface area (Å²) in [6.45, 7) is 6.75. The molecule has 0 heterocycles. The molecular formula is C16H26N2O2. The van der Waals surface area contributed by atoms with Gasteiger partial charge in [0.25, 0.3) is 0 Å². The third kappa shape index (κ3) is 5.21. The highest BCUT2D eigenvalue weighted by atomic mass is 16.5. The summed E-state index contributed by atoms with van der Waals surface area (Å²) >= 11 is 0. The molecule has 0 aliphatic rings. The Labute approximate surface area is 121 Å². The highest BCUT2D eigenvalue weighted by molar-refractivity contribution is 5.85. The standard InChI is InChI=1S/C16H26N2O2/c1-13(14-9-5-4-6-10-14)20-12-8-7-11-16(2,3)15(17)18-19/h4-6,9-10,13,19H,7-8,11-12H2,1-3H3,(H2,17,18). The van der Waals surface area contributed by atoms with Crippen molar-refractivity contribution in [1.82, 2.24) is 0 Å². The molecule has 0 aliphatic carbocycles. The molecule has 0 spiro atoms. The van der Waals surface area contributed by atoms with E-state index in [0.29, 0.717) is 0 Å². The van der Waals surface area contributed by atoms with Crippen LogP contribution in [0, 0.1) is 5.41 Å². The molecule has 0 amide bonds. The van der Waals surface area contributed by atoms with Crippen molar-refractivity contribution in [1.29, 1.82) is 0 Å². The van der Waals surface area contributed by atoms with Crippen molar-refractivity contribution in [2.24, 2.45) is 16.3 Å². The van der Waals surface area contributed by atoms with Crippen LogP contribution in [0.25, 0.3) is 0 Å². The highest BCUT2D eigenvalue weighted by Crippen LogP contribution is 2.24. The normalized spacial score (nSPS) is 14.2. The molecule has 0 fully saturated rings. The molecular weight excluding hydrogens is 252 g/mol. The van der Waals surface area contributed by atoms with Gasteiger partial charge in [0.2, 0.25) is 0 Å². The molecule has 1 atom stereocenters. The third-order valence-corrected chi connectivity index (χ3v) is 3.63. The van der Waals surface area contributed by atoms with Crippen molar-refractivity contribution in [3.8, 4) is 0 Å². The Morgan fingerprint density at radius 3 is 2.55 bits per heavy atom. The minimum absolute atomic E-state index is 0.119. The van der Waals surface area contributed by atoms with Gasteiger partial charge in [-0.15, -0.1) is 0 Å². The number of unbranched alkanes of at least 4 members (excludes halogenated alkanes) is 1. The van der Waals surface area contributed by atoms with Gasteiger partial charge in [0, 0.05) is 12.0 Å². The van der Waals surface area contributed by atoms with E-state index in [1.807, 2.05) is 32.0 Å². The fraction of sp³-hybridized carbons (Fsp3) is 0.562. The average Bonchev–Trinajstić information content (AvgIpc) is 2.46. The maximum absolute atomic E-state index is 8.71. The second-order valence-electron chi connectivity index (χ2n) is 5.75. The SMILES string of the molecule is CC(OCCCCC(C)(C)/C(N)=N/O)c1ccccc1. The molecule has 0 aliphatic heterocycles. The van der Waals surface area contributed by atoms with Gasteiger partial charge in [-0.05, 0) is 25.3 Å². The van der Waals surface area contributed by atoms with Crippen LogP contribution in [-0.4, -0.2) is 17.6 Å². The molecule has 1 unspecified atom stereocenters. The van der Waals surface area contributed by atoms with E-state index < -0.39 is 0 Å². The van der Waals surface area contributed by atoms with E-state index in [4.69, 9.17) is 15.7 Å². The van der Waals surface area contributed by atoms with E-state index in [2.05, 4.69) is 24.2 Å². The van der Waals surface area contributed by atoms with Crippen molar-refractivity contribution >= 4 is 5.84 Å². The number of rotatable bonds is 8. The predicted octanol–water partition coefficient (Wildman–Crippen LogP) is 3.71. The summed E-state index contributed by atoms with van der Waals surface area (Å²) in [6.07, 6.45) is 2.96. The molecule has 0 bridgehead atoms. The van der Waals surface area contributed by atoms with Crippen LogP contribution in [0.1, 0.15) is 51.7 Å². The number of nitrogens with zero attached hydrogens (tertiary/aromatic N) is 1. The van der Waals surface area contributed by atoms with Crippen molar-refractivity contribution in [3.05, 3.63) is 35.9 Å². The molecule has 4 nitrogen and oxygen atoms in total. The van der Waals surface area contributed by atoms with Gasteiger partial charge in [0.1, 0.15) is 5.84 Å². The summed E-state index contributed by atoms with van der Waals surface area (Å²) in [7, 11) is 0. The second-order valence-corrected chi connectivity index (χ2v) is 5.75. The summed E-state index contributed by atoms with van der Waals surface area (Å²) in [5.41, 5.74) is 6.59. The number of oxime groups is 1. The molecule has 4 heteroatoms. The van der Waals surface area contributed by atoms with Crippen LogP contribution < -0.4 is 5.73 Å². The number of nitrogens with two attached hydrogens (primary N) is 1. The zero-order valence-corrected chi connectivity index (χ0v) is 12.7. The van der Waals surface area contributed by atoms with E-state index in [0.717, 1.165) is 25.9 Å². The van der Waals surface area contributed by atoms with Gasteiger partial charge in [0.05, 0.1) is 6.10 Å². The van der Waals surface area contributed by atoms with Crippen LogP contribution in [0.5, 0.6) is 0 Å². The van der Waals surface area contributed by atoms with Crippen LogP contribution >= 0.6 is 0 Å². The number of amidine groups is 1. The first-order valence-electron chi connectivity index (χ1n) is 7.12. The summed E-state index contributed by atoms with van der Waals surface area (Å²) in [5, 5.41) is 11.8. The molecule has 20 heavy (non-hydrogen) atoms. The molecule has 1 aromatic carbocycles. The van der Waals surface area contributed by atoms with Crippen LogP contribution in [0.3, 0.4) is 0 Å². The smallest absolute Gasteiger partial charge is 0.144 e. The Morgan fingerprint density at radius 1 is 1.30 bits per heavy atom. The Kier molecular flexibility index (Phi) is 6.52. The zero-order chi connectivity index (χ0) is 15.0. The quantitative estimate of drug-likeness (QED) is 0.250.